The predicted molar refractivity (Wildman–Crippen MR) is 128 cm³/mol. The summed E-state index contributed by atoms with van der Waals surface area (Å²) in [4.78, 5) is 0. The first-order valence-electron chi connectivity index (χ1n) is 13.1. The minimum absolute atomic E-state index is 0.00490. The van der Waals surface area contributed by atoms with Crippen molar-refractivity contribution in [2.75, 3.05) is 19.8 Å². The average Bonchev–Trinajstić information content (AvgIpc) is 2.79. The SMILES string of the molecule is CCCCCCCCC(CCCc1cc(C(F)(F)F)cc(C(F)(F)F)c1)C(OCC)(OCC)OCC. The molecule has 9 heteroatoms. The molecule has 0 saturated carbocycles. The van der Waals surface area contributed by atoms with Crippen LogP contribution in [0.25, 0.3) is 0 Å². The van der Waals surface area contributed by atoms with Crippen LogP contribution in [0.1, 0.15) is 102 Å². The molecule has 0 aliphatic carbocycles. The van der Waals surface area contributed by atoms with E-state index >= 15 is 0 Å². The summed E-state index contributed by atoms with van der Waals surface area (Å²) < 4.78 is 97.3. The molecule has 0 bridgehead atoms. The lowest BCUT2D eigenvalue weighted by Crippen LogP contribution is -2.46. The molecule has 1 rings (SSSR count). The maximum Gasteiger partial charge on any atom is 0.416 e. The van der Waals surface area contributed by atoms with Crippen LogP contribution in [0.5, 0.6) is 0 Å². The summed E-state index contributed by atoms with van der Waals surface area (Å²) in [5, 5.41) is 0. The van der Waals surface area contributed by atoms with Gasteiger partial charge in [-0.1, -0.05) is 45.4 Å². The van der Waals surface area contributed by atoms with Gasteiger partial charge in [-0.15, -0.1) is 0 Å². The Labute approximate surface area is 211 Å². The Hall–Kier alpha value is -1.32. The first kappa shape index (κ1) is 32.7. The molecule has 0 radical (unpaired) electrons. The van der Waals surface area contributed by atoms with E-state index in [0.717, 1.165) is 50.7 Å². The summed E-state index contributed by atoms with van der Waals surface area (Å²) in [5.41, 5.74) is -2.57. The Balaban J connectivity index is 3.06. The fraction of sp³-hybridized carbons (Fsp3) is 0.778. The van der Waals surface area contributed by atoms with Crippen molar-refractivity contribution in [2.24, 2.45) is 5.92 Å². The number of alkyl halides is 6. The molecule has 1 aromatic carbocycles. The highest BCUT2D eigenvalue weighted by Gasteiger charge is 2.41. The van der Waals surface area contributed by atoms with Gasteiger partial charge in [0, 0.05) is 25.7 Å². The zero-order valence-electron chi connectivity index (χ0n) is 22.0. The minimum Gasteiger partial charge on any atom is -0.328 e. The number of hydrogen-bond acceptors (Lipinski definition) is 3. The van der Waals surface area contributed by atoms with Crippen molar-refractivity contribution in [3.05, 3.63) is 34.9 Å². The molecule has 0 fully saturated rings. The van der Waals surface area contributed by atoms with Gasteiger partial charge in [0.25, 0.3) is 5.97 Å². The average molecular weight is 529 g/mol. The Morgan fingerprint density at radius 1 is 0.611 bits per heavy atom. The maximum atomic E-state index is 13.2. The van der Waals surface area contributed by atoms with E-state index < -0.39 is 29.5 Å². The predicted octanol–water partition coefficient (Wildman–Crippen LogP) is 9.18. The summed E-state index contributed by atoms with van der Waals surface area (Å²) >= 11 is 0. The van der Waals surface area contributed by atoms with Gasteiger partial charge < -0.3 is 14.2 Å². The molecule has 0 heterocycles. The smallest absolute Gasteiger partial charge is 0.328 e. The third kappa shape index (κ3) is 11.0. The second-order valence-corrected chi connectivity index (χ2v) is 8.96. The quantitative estimate of drug-likeness (QED) is 0.108. The molecule has 0 aliphatic rings. The molecule has 210 valence electrons. The van der Waals surface area contributed by atoms with E-state index in [1.165, 1.54) is 6.42 Å². The molecule has 1 atom stereocenters. The van der Waals surface area contributed by atoms with Crippen LogP contribution in [0, 0.1) is 5.92 Å². The molecule has 36 heavy (non-hydrogen) atoms. The largest absolute Gasteiger partial charge is 0.416 e. The van der Waals surface area contributed by atoms with Crippen molar-refractivity contribution in [2.45, 2.75) is 110 Å². The molecule has 0 N–H and O–H groups in total. The van der Waals surface area contributed by atoms with Crippen molar-refractivity contribution in [3.8, 4) is 0 Å². The van der Waals surface area contributed by atoms with Crippen LogP contribution in [-0.4, -0.2) is 25.8 Å². The van der Waals surface area contributed by atoms with E-state index in [1.54, 1.807) is 0 Å². The number of halogens is 6. The van der Waals surface area contributed by atoms with E-state index in [9.17, 15) is 26.3 Å². The Kier molecular flexibility index (Phi) is 14.4. The number of aryl methyl sites for hydroxylation is 1. The van der Waals surface area contributed by atoms with E-state index in [4.69, 9.17) is 14.2 Å². The van der Waals surface area contributed by atoms with Gasteiger partial charge in [0.2, 0.25) is 0 Å². The van der Waals surface area contributed by atoms with E-state index in [-0.39, 0.29) is 24.0 Å². The summed E-state index contributed by atoms with van der Waals surface area (Å²) in [7, 11) is 0. The topological polar surface area (TPSA) is 27.7 Å². The van der Waals surface area contributed by atoms with Crippen LogP contribution in [0.2, 0.25) is 0 Å². The van der Waals surface area contributed by atoms with Crippen LogP contribution in [0.3, 0.4) is 0 Å². The van der Waals surface area contributed by atoms with E-state index in [2.05, 4.69) is 6.92 Å². The van der Waals surface area contributed by atoms with Crippen molar-refractivity contribution in [3.63, 3.8) is 0 Å². The van der Waals surface area contributed by atoms with Gasteiger partial charge in [-0.3, -0.25) is 0 Å². The van der Waals surface area contributed by atoms with Crippen molar-refractivity contribution >= 4 is 0 Å². The van der Waals surface area contributed by atoms with Crippen LogP contribution in [0.4, 0.5) is 26.3 Å². The molecule has 3 nitrogen and oxygen atoms in total. The number of rotatable bonds is 18. The molecule has 0 amide bonds. The molecule has 1 unspecified atom stereocenters. The monoisotopic (exact) mass is 528 g/mol. The normalized spacial score (nSPS) is 13.8. The van der Waals surface area contributed by atoms with Crippen molar-refractivity contribution < 1.29 is 40.6 Å². The van der Waals surface area contributed by atoms with Crippen LogP contribution >= 0.6 is 0 Å². The highest BCUT2D eigenvalue weighted by atomic mass is 19.4. The van der Waals surface area contributed by atoms with E-state index in [1.807, 2.05) is 20.8 Å². The van der Waals surface area contributed by atoms with E-state index in [0.29, 0.717) is 32.7 Å². The highest BCUT2D eigenvalue weighted by molar-refractivity contribution is 5.33. The van der Waals surface area contributed by atoms with Gasteiger partial charge in [0.1, 0.15) is 0 Å². The van der Waals surface area contributed by atoms with Crippen molar-refractivity contribution in [1.29, 1.82) is 0 Å². The van der Waals surface area contributed by atoms with Gasteiger partial charge in [-0.05, 0) is 70.2 Å². The first-order chi connectivity index (χ1) is 16.9. The first-order valence-corrected chi connectivity index (χ1v) is 13.1. The number of hydrogen-bond donors (Lipinski definition) is 0. The highest BCUT2D eigenvalue weighted by Crippen LogP contribution is 2.38. The Morgan fingerprint density at radius 3 is 1.50 bits per heavy atom. The Morgan fingerprint density at radius 2 is 1.06 bits per heavy atom. The van der Waals surface area contributed by atoms with Crippen LogP contribution in [-0.2, 0) is 33.0 Å². The molecule has 0 aliphatic heterocycles. The lowest BCUT2D eigenvalue weighted by atomic mass is 9.90. The van der Waals surface area contributed by atoms with Crippen molar-refractivity contribution in [1.82, 2.24) is 0 Å². The summed E-state index contributed by atoms with van der Waals surface area (Å²) in [6.45, 7) is 8.67. The lowest BCUT2D eigenvalue weighted by Gasteiger charge is -2.39. The number of benzene rings is 1. The van der Waals surface area contributed by atoms with Crippen LogP contribution < -0.4 is 0 Å². The molecule has 0 aromatic heterocycles. The summed E-state index contributed by atoms with van der Waals surface area (Å²) in [6.07, 6.45) is -1.54. The van der Waals surface area contributed by atoms with Gasteiger partial charge in [-0.25, -0.2) is 0 Å². The van der Waals surface area contributed by atoms with Gasteiger partial charge >= 0.3 is 12.4 Å². The van der Waals surface area contributed by atoms with Gasteiger partial charge in [0.15, 0.2) is 0 Å². The molecular weight excluding hydrogens is 486 g/mol. The summed E-state index contributed by atoms with van der Waals surface area (Å²) in [6, 6.07) is 1.77. The zero-order valence-corrected chi connectivity index (χ0v) is 22.0. The lowest BCUT2D eigenvalue weighted by molar-refractivity contribution is -0.403. The maximum absolute atomic E-state index is 13.2. The third-order valence-corrected chi connectivity index (χ3v) is 6.11. The second-order valence-electron chi connectivity index (χ2n) is 8.96. The Bertz CT molecular complexity index is 684. The zero-order chi connectivity index (χ0) is 27.2. The molecular formula is C27H42F6O3. The standard InChI is InChI=1S/C27H42F6O3/c1-5-9-10-11-12-13-16-22(27(34-6-2,35-7-3)36-8-4)17-14-15-21-18-23(25(28,29)30)20-24(19-21)26(31,32)33/h18-20,22H,5-17H2,1-4H3. The van der Waals surface area contributed by atoms with Gasteiger partial charge in [0.05, 0.1) is 11.1 Å². The van der Waals surface area contributed by atoms with Crippen LogP contribution in [0.15, 0.2) is 18.2 Å². The number of ether oxygens (including phenoxy) is 3. The molecule has 0 saturated heterocycles. The molecule has 0 spiro atoms. The second kappa shape index (κ2) is 15.8. The van der Waals surface area contributed by atoms with Gasteiger partial charge in [-0.2, -0.15) is 26.3 Å². The third-order valence-electron chi connectivity index (χ3n) is 6.11. The fourth-order valence-corrected chi connectivity index (χ4v) is 4.47. The minimum atomic E-state index is -4.86. The summed E-state index contributed by atoms with van der Waals surface area (Å²) in [5.74, 6) is -1.50. The fourth-order valence-electron chi connectivity index (χ4n) is 4.47. The molecule has 1 aromatic rings. The number of unbranched alkanes of at least 4 members (excludes halogenated alkanes) is 5.